The lowest BCUT2D eigenvalue weighted by molar-refractivity contribution is -0.120. The molecule has 0 aliphatic rings. The van der Waals surface area contributed by atoms with Crippen LogP contribution in [0, 0.1) is 0 Å². The molecule has 0 aliphatic carbocycles. The maximum atomic E-state index is 11.9. The third-order valence-corrected chi connectivity index (χ3v) is 3.07. The Labute approximate surface area is 113 Å². The monoisotopic (exact) mass is 259 g/mol. The smallest absolute Gasteiger partial charge is 0.224 e. The quantitative estimate of drug-likeness (QED) is 0.875. The number of hydrogen-bond donors (Lipinski definition) is 2. The summed E-state index contributed by atoms with van der Waals surface area (Å²) in [4.78, 5) is 11.9. The van der Waals surface area contributed by atoms with Crippen molar-refractivity contribution in [1.29, 1.82) is 0 Å². The van der Waals surface area contributed by atoms with Crippen LogP contribution in [0.25, 0.3) is 10.9 Å². The first-order chi connectivity index (χ1) is 8.87. The van der Waals surface area contributed by atoms with E-state index in [1.54, 1.807) is 0 Å². The number of nitrogens with two attached hydrogens (primary N) is 1. The number of nitrogens with zero attached hydrogens (tertiary/aromatic N) is 1. The standard InChI is InChI=1S/C15H21N3O/c1-15(2,16)10-17-14(19)8-11-9-18(3)13-7-5-4-6-12(11)13/h4-7,9H,8,10,16H2,1-3H3,(H,17,19). The number of aromatic nitrogens is 1. The van der Waals surface area contributed by atoms with Crippen LogP contribution in [0.2, 0.25) is 0 Å². The Morgan fingerprint density at radius 1 is 1.37 bits per heavy atom. The highest BCUT2D eigenvalue weighted by Crippen LogP contribution is 2.20. The van der Waals surface area contributed by atoms with Crippen LogP contribution >= 0.6 is 0 Å². The molecular weight excluding hydrogens is 238 g/mol. The van der Waals surface area contributed by atoms with E-state index in [1.165, 1.54) is 0 Å². The fraction of sp³-hybridized carbons (Fsp3) is 0.400. The van der Waals surface area contributed by atoms with Crippen LogP contribution in [-0.4, -0.2) is 22.6 Å². The molecule has 0 saturated carbocycles. The molecule has 1 heterocycles. The number of fused-ring (bicyclic) bond motifs is 1. The maximum absolute atomic E-state index is 11.9. The number of aryl methyl sites for hydroxylation is 1. The molecule has 4 heteroatoms. The van der Waals surface area contributed by atoms with Crippen LogP contribution in [0.1, 0.15) is 19.4 Å². The van der Waals surface area contributed by atoms with Crippen molar-refractivity contribution < 1.29 is 4.79 Å². The minimum absolute atomic E-state index is 0.00915. The lowest BCUT2D eigenvalue weighted by Gasteiger charge is -2.18. The lowest BCUT2D eigenvalue weighted by Crippen LogP contribution is -2.45. The van der Waals surface area contributed by atoms with E-state index in [1.807, 2.05) is 49.9 Å². The molecule has 0 aliphatic heterocycles. The van der Waals surface area contributed by atoms with Gasteiger partial charge >= 0.3 is 0 Å². The second-order valence-electron chi connectivity index (χ2n) is 5.72. The van der Waals surface area contributed by atoms with E-state index in [2.05, 4.69) is 11.4 Å². The zero-order valence-corrected chi connectivity index (χ0v) is 11.7. The van der Waals surface area contributed by atoms with Crippen LogP contribution < -0.4 is 11.1 Å². The molecule has 0 radical (unpaired) electrons. The summed E-state index contributed by atoms with van der Waals surface area (Å²) in [6, 6.07) is 8.10. The number of nitrogens with one attached hydrogen (secondary N) is 1. The van der Waals surface area contributed by atoms with Gasteiger partial charge in [-0.05, 0) is 25.5 Å². The number of amides is 1. The van der Waals surface area contributed by atoms with Gasteiger partial charge in [0.25, 0.3) is 0 Å². The number of hydrogen-bond acceptors (Lipinski definition) is 2. The van der Waals surface area contributed by atoms with E-state index < -0.39 is 0 Å². The van der Waals surface area contributed by atoms with Crippen LogP contribution in [0.15, 0.2) is 30.5 Å². The molecule has 4 nitrogen and oxygen atoms in total. The molecule has 19 heavy (non-hydrogen) atoms. The Kier molecular flexibility index (Phi) is 3.62. The van der Waals surface area contributed by atoms with Gasteiger partial charge in [-0.15, -0.1) is 0 Å². The molecule has 0 spiro atoms. The Hall–Kier alpha value is -1.81. The number of benzene rings is 1. The first-order valence-corrected chi connectivity index (χ1v) is 6.45. The third-order valence-electron chi connectivity index (χ3n) is 3.07. The summed E-state index contributed by atoms with van der Waals surface area (Å²) in [5, 5.41) is 4.00. The summed E-state index contributed by atoms with van der Waals surface area (Å²) in [6.07, 6.45) is 2.40. The molecule has 0 atom stereocenters. The fourth-order valence-corrected chi connectivity index (χ4v) is 2.13. The molecule has 1 amide bonds. The number of carbonyl (C=O) groups excluding carboxylic acids is 1. The van der Waals surface area contributed by atoms with Gasteiger partial charge in [-0.2, -0.15) is 0 Å². The first kappa shape index (κ1) is 13.6. The van der Waals surface area contributed by atoms with Gasteiger partial charge in [0.1, 0.15) is 0 Å². The number of para-hydroxylation sites is 1. The zero-order chi connectivity index (χ0) is 14.0. The van der Waals surface area contributed by atoms with Crippen molar-refractivity contribution in [1.82, 2.24) is 9.88 Å². The van der Waals surface area contributed by atoms with Gasteiger partial charge in [-0.3, -0.25) is 4.79 Å². The third kappa shape index (κ3) is 3.35. The fourth-order valence-electron chi connectivity index (χ4n) is 2.13. The second-order valence-corrected chi connectivity index (χ2v) is 5.72. The number of carbonyl (C=O) groups is 1. The van der Waals surface area contributed by atoms with Crippen molar-refractivity contribution in [3.05, 3.63) is 36.0 Å². The maximum Gasteiger partial charge on any atom is 0.224 e. The van der Waals surface area contributed by atoms with E-state index in [4.69, 9.17) is 5.73 Å². The van der Waals surface area contributed by atoms with Gasteiger partial charge in [0.2, 0.25) is 5.91 Å². The van der Waals surface area contributed by atoms with E-state index in [9.17, 15) is 4.79 Å². The molecule has 1 aromatic heterocycles. The van der Waals surface area contributed by atoms with E-state index >= 15 is 0 Å². The summed E-state index contributed by atoms with van der Waals surface area (Å²) in [6.45, 7) is 4.27. The van der Waals surface area contributed by atoms with Crippen molar-refractivity contribution in [3.8, 4) is 0 Å². The van der Waals surface area contributed by atoms with E-state index in [0.717, 1.165) is 16.5 Å². The summed E-state index contributed by atoms with van der Waals surface area (Å²) >= 11 is 0. The topological polar surface area (TPSA) is 60.0 Å². The average Bonchev–Trinajstić information content (AvgIpc) is 2.64. The molecular formula is C15H21N3O. The van der Waals surface area contributed by atoms with Gasteiger partial charge in [-0.25, -0.2) is 0 Å². The molecule has 1 aromatic carbocycles. The largest absolute Gasteiger partial charge is 0.354 e. The van der Waals surface area contributed by atoms with Gasteiger partial charge in [-0.1, -0.05) is 18.2 Å². The van der Waals surface area contributed by atoms with Gasteiger partial charge in [0.05, 0.1) is 6.42 Å². The SMILES string of the molecule is Cn1cc(CC(=O)NCC(C)(C)N)c2ccccc21. The van der Waals surface area contributed by atoms with Crippen LogP contribution in [0.4, 0.5) is 0 Å². The number of rotatable bonds is 4. The average molecular weight is 259 g/mol. The van der Waals surface area contributed by atoms with Crippen LogP contribution in [0.5, 0.6) is 0 Å². The Morgan fingerprint density at radius 2 is 2.05 bits per heavy atom. The predicted octanol–water partition coefficient (Wildman–Crippen LogP) is 1.57. The van der Waals surface area contributed by atoms with Crippen molar-refractivity contribution in [2.75, 3.05) is 6.54 Å². The molecule has 2 rings (SSSR count). The van der Waals surface area contributed by atoms with Gasteiger partial charge in [0.15, 0.2) is 0 Å². The summed E-state index contributed by atoms with van der Waals surface area (Å²) < 4.78 is 2.05. The minimum atomic E-state index is -0.381. The lowest BCUT2D eigenvalue weighted by atomic mass is 10.1. The van der Waals surface area contributed by atoms with E-state index in [-0.39, 0.29) is 11.4 Å². The summed E-state index contributed by atoms with van der Waals surface area (Å²) in [7, 11) is 1.99. The second kappa shape index (κ2) is 5.05. The molecule has 0 bridgehead atoms. The Balaban J connectivity index is 2.11. The molecule has 2 aromatic rings. The minimum Gasteiger partial charge on any atom is -0.354 e. The normalized spacial score (nSPS) is 11.8. The van der Waals surface area contributed by atoms with E-state index in [0.29, 0.717) is 13.0 Å². The van der Waals surface area contributed by atoms with Crippen LogP contribution in [0.3, 0.4) is 0 Å². The highest BCUT2D eigenvalue weighted by atomic mass is 16.1. The highest BCUT2D eigenvalue weighted by molar-refractivity contribution is 5.89. The zero-order valence-electron chi connectivity index (χ0n) is 11.7. The van der Waals surface area contributed by atoms with Crippen molar-refractivity contribution >= 4 is 16.8 Å². The van der Waals surface area contributed by atoms with Crippen molar-refractivity contribution in [2.24, 2.45) is 12.8 Å². The Morgan fingerprint density at radius 3 is 2.74 bits per heavy atom. The molecule has 3 N–H and O–H groups in total. The predicted molar refractivity (Wildman–Crippen MR) is 77.9 cm³/mol. The molecule has 0 fully saturated rings. The molecule has 102 valence electrons. The van der Waals surface area contributed by atoms with Crippen molar-refractivity contribution in [2.45, 2.75) is 25.8 Å². The van der Waals surface area contributed by atoms with Crippen LogP contribution in [-0.2, 0) is 18.3 Å². The molecule has 0 saturated heterocycles. The van der Waals surface area contributed by atoms with Gasteiger partial charge < -0.3 is 15.6 Å². The first-order valence-electron chi connectivity index (χ1n) is 6.45. The summed E-state index contributed by atoms with van der Waals surface area (Å²) in [5.74, 6) is 0.00915. The van der Waals surface area contributed by atoms with Gasteiger partial charge in [0, 0.05) is 36.2 Å². The summed E-state index contributed by atoms with van der Waals surface area (Å²) in [5.41, 5.74) is 7.66. The molecule has 0 unspecified atom stereocenters. The Bertz CT molecular complexity index is 593. The van der Waals surface area contributed by atoms with Crippen molar-refractivity contribution in [3.63, 3.8) is 0 Å². The highest BCUT2D eigenvalue weighted by Gasteiger charge is 2.14.